The zero-order chi connectivity index (χ0) is 12.4. The number of amides is 2. The van der Waals surface area contributed by atoms with E-state index in [4.69, 9.17) is 5.11 Å². The maximum atomic E-state index is 11.9. The van der Waals surface area contributed by atoms with Crippen molar-refractivity contribution in [2.45, 2.75) is 12.5 Å². The molecule has 1 aliphatic rings. The summed E-state index contributed by atoms with van der Waals surface area (Å²) in [6, 6.07) is 6.57. The van der Waals surface area contributed by atoms with Gasteiger partial charge in [-0.2, -0.15) is 0 Å². The van der Waals surface area contributed by atoms with Crippen molar-refractivity contribution in [3.63, 3.8) is 0 Å². The third-order valence-corrected chi connectivity index (χ3v) is 2.73. The van der Waals surface area contributed by atoms with E-state index >= 15 is 0 Å². The first kappa shape index (κ1) is 11.8. The zero-order valence-corrected chi connectivity index (χ0v) is 9.17. The lowest BCUT2D eigenvalue weighted by molar-refractivity contribution is 0.0504. The Bertz CT molecular complexity index is 423. The van der Waals surface area contributed by atoms with Crippen molar-refractivity contribution in [1.29, 1.82) is 0 Å². The van der Waals surface area contributed by atoms with E-state index in [1.165, 1.54) is 0 Å². The number of rotatable bonds is 4. The van der Waals surface area contributed by atoms with Crippen molar-refractivity contribution >= 4 is 11.8 Å². The van der Waals surface area contributed by atoms with Crippen molar-refractivity contribution in [3.8, 4) is 0 Å². The van der Waals surface area contributed by atoms with Crippen molar-refractivity contribution in [3.05, 3.63) is 35.4 Å². The number of nitrogens with zero attached hydrogens (tertiary/aromatic N) is 1. The van der Waals surface area contributed by atoms with E-state index in [9.17, 15) is 14.7 Å². The van der Waals surface area contributed by atoms with Crippen molar-refractivity contribution in [2.75, 3.05) is 13.2 Å². The van der Waals surface area contributed by atoms with Crippen LogP contribution in [0.3, 0.4) is 0 Å². The number of imide groups is 1. The quantitative estimate of drug-likeness (QED) is 0.721. The van der Waals surface area contributed by atoms with Gasteiger partial charge in [0.2, 0.25) is 0 Å². The van der Waals surface area contributed by atoms with Crippen LogP contribution in [0.4, 0.5) is 0 Å². The average molecular weight is 235 g/mol. The number of hydrogen-bond donors (Lipinski definition) is 2. The van der Waals surface area contributed by atoms with E-state index in [-0.39, 0.29) is 31.4 Å². The van der Waals surface area contributed by atoms with E-state index in [0.717, 1.165) is 4.90 Å². The maximum absolute atomic E-state index is 11.9. The van der Waals surface area contributed by atoms with E-state index < -0.39 is 6.10 Å². The van der Waals surface area contributed by atoms with Crippen LogP contribution in [0, 0.1) is 0 Å². The van der Waals surface area contributed by atoms with Gasteiger partial charge in [0, 0.05) is 6.61 Å². The van der Waals surface area contributed by atoms with Gasteiger partial charge < -0.3 is 10.2 Å². The van der Waals surface area contributed by atoms with Crippen LogP contribution in [0.1, 0.15) is 27.1 Å². The van der Waals surface area contributed by atoms with Gasteiger partial charge in [0.25, 0.3) is 11.8 Å². The van der Waals surface area contributed by atoms with Crippen molar-refractivity contribution < 1.29 is 19.8 Å². The minimum Gasteiger partial charge on any atom is -0.396 e. The average Bonchev–Trinajstić information content (AvgIpc) is 2.56. The van der Waals surface area contributed by atoms with Gasteiger partial charge in [0.15, 0.2) is 0 Å². The molecule has 1 aromatic rings. The Balaban J connectivity index is 2.19. The Hall–Kier alpha value is -1.72. The van der Waals surface area contributed by atoms with E-state index in [2.05, 4.69) is 0 Å². The highest BCUT2D eigenvalue weighted by molar-refractivity contribution is 6.21. The number of β-amino-alcohol motifs (C(OH)–C–C–N with tert-alkyl or cyclic N) is 1. The fourth-order valence-electron chi connectivity index (χ4n) is 1.86. The van der Waals surface area contributed by atoms with Gasteiger partial charge in [-0.15, -0.1) is 0 Å². The lowest BCUT2D eigenvalue weighted by Gasteiger charge is -2.17. The first-order valence-corrected chi connectivity index (χ1v) is 5.39. The van der Waals surface area contributed by atoms with Crippen LogP contribution in [0.25, 0.3) is 0 Å². The zero-order valence-electron chi connectivity index (χ0n) is 9.17. The molecule has 0 radical (unpaired) electrons. The summed E-state index contributed by atoms with van der Waals surface area (Å²) >= 11 is 0. The molecule has 2 N–H and O–H groups in total. The molecular weight excluding hydrogens is 222 g/mol. The van der Waals surface area contributed by atoms with Crippen LogP contribution in [-0.2, 0) is 0 Å². The van der Waals surface area contributed by atoms with Gasteiger partial charge in [-0.3, -0.25) is 14.5 Å². The van der Waals surface area contributed by atoms with Crippen LogP contribution < -0.4 is 0 Å². The summed E-state index contributed by atoms with van der Waals surface area (Å²) in [5, 5.41) is 18.2. The van der Waals surface area contributed by atoms with Crippen LogP contribution >= 0.6 is 0 Å². The second kappa shape index (κ2) is 4.65. The summed E-state index contributed by atoms with van der Waals surface area (Å²) in [5.41, 5.74) is 0.738. The van der Waals surface area contributed by atoms with Crippen molar-refractivity contribution in [2.24, 2.45) is 0 Å². The largest absolute Gasteiger partial charge is 0.396 e. The predicted molar refractivity (Wildman–Crippen MR) is 59.5 cm³/mol. The molecule has 1 unspecified atom stereocenters. The third kappa shape index (κ3) is 2.07. The summed E-state index contributed by atoms with van der Waals surface area (Å²) in [6.07, 6.45) is -0.741. The molecule has 1 aromatic carbocycles. The molecule has 0 spiro atoms. The van der Waals surface area contributed by atoms with Crippen LogP contribution in [-0.4, -0.2) is 46.2 Å². The molecule has 90 valence electrons. The van der Waals surface area contributed by atoms with Crippen LogP contribution in [0.2, 0.25) is 0 Å². The number of fused-ring (bicyclic) bond motifs is 1. The van der Waals surface area contributed by atoms with Gasteiger partial charge in [-0.05, 0) is 18.6 Å². The van der Waals surface area contributed by atoms with Gasteiger partial charge in [0.1, 0.15) is 0 Å². The molecule has 0 aliphatic carbocycles. The molecule has 1 heterocycles. The molecule has 0 bridgehead atoms. The Labute approximate surface area is 98.3 Å². The van der Waals surface area contributed by atoms with Crippen molar-refractivity contribution in [1.82, 2.24) is 4.90 Å². The number of hydrogen-bond acceptors (Lipinski definition) is 4. The number of carbonyl (C=O) groups excluding carboxylic acids is 2. The molecule has 0 saturated carbocycles. The monoisotopic (exact) mass is 235 g/mol. The molecule has 1 atom stereocenters. The molecule has 1 aliphatic heterocycles. The molecule has 5 nitrogen and oxygen atoms in total. The second-order valence-corrected chi connectivity index (χ2v) is 3.93. The SMILES string of the molecule is O=C1c2ccccc2C(=O)N1CC(O)CCO. The van der Waals surface area contributed by atoms with Gasteiger partial charge in [-0.1, -0.05) is 12.1 Å². The number of aliphatic hydroxyl groups is 2. The molecule has 2 amide bonds. The lowest BCUT2D eigenvalue weighted by Crippen LogP contribution is -2.37. The minimum absolute atomic E-state index is 0.0765. The minimum atomic E-state index is -0.887. The number of aliphatic hydroxyl groups excluding tert-OH is 2. The standard InChI is InChI=1S/C12H13NO4/c14-6-5-8(15)7-13-11(16)9-3-1-2-4-10(9)12(13)17/h1-4,8,14-15H,5-7H2. The smallest absolute Gasteiger partial charge is 0.261 e. The Morgan fingerprint density at radius 1 is 1.12 bits per heavy atom. The summed E-state index contributed by atoms with van der Waals surface area (Å²) in [5.74, 6) is -0.773. The third-order valence-electron chi connectivity index (χ3n) is 2.73. The van der Waals surface area contributed by atoms with Gasteiger partial charge in [-0.25, -0.2) is 0 Å². The fraction of sp³-hybridized carbons (Fsp3) is 0.333. The van der Waals surface area contributed by atoms with Gasteiger partial charge in [0.05, 0.1) is 23.8 Å². The highest BCUT2D eigenvalue weighted by atomic mass is 16.3. The number of benzene rings is 1. The highest BCUT2D eigenvalue weighted by Gasteiger charge is 2.35. The van der Waals surface area contributed by atoms with Crippen LogP contribution in [0.15, 0.2) is 24.3 Å². The van der Waals surface area contributed by atoms with E-state index in [0.29, 0.717) is 11.1 Å². The molecule has 0 saturated heterocycles. The highest BCUT2D eigenvalue weighted by Crippen LogP contribution is 2.22. The summed E-state index contributed by atoms with van der Waals surface area (Å²) in [4.78, 5) is 24.8. The number of carbonyl (C=O) groups is 2. The molecular formula is C12H13NO4. The molecule has 0 aromatic heterocycles. The summed E-state index contributed by atoms with van der Waals surface area (Å²) < 4.78 is 0. The van der Waals surface area contributed by atoms with E-state index in [1.807, 2.05) is 0 Å². The summed E-state index contributed by atoms with van der Waals surface area (Å²) in [6.45, 7) is -0.253. The molecule has 0 fully saturated rings. The Kier molecular flexibility index (Phi) is 3.21. The summed E-state index contributed by atoms with van der Waals surface area (Å²) in [7, 11) is 0. The maximum Gasteiger partial charge on any atom is 0.261 e. The normalized spacial score (nSPS) is 16.2. The molecule has 2 rings (SSSR count). The predicted octanol–water partition coefficient (Wildman–Crippen LogP) is 0.0259. The fourth-order valence-corrected chi connectivity index (χ4v) is 1.86. The Morgan fingerprint density at radius 3 is 2.12 bits per heavy atom. The molecule has 17 heavy (non-hydrogen) atoms. The first-order chi connectivity index (χ1) is 8.15. The van der Waals surface area contributed by atoms with Crippen LogP contribution in [0.5, 0.6) is 0 Å². The first-order valence-electron chi connectivity index (χ1n) is 5.39. The lowest BCUT2D eigenvalue weighted by atomic mass is 10.1. The van der Waals surface area contributed by atoms with E-state index in [1.54, 1.807) is 24.3 Å². The molecule has 5 heteroatoms. The topological polar surface area (TPSA) is 77.8 Å². The second-order valence-electron chi connectivity index (χ2n) is 3.93. The Morgan fingerprint density at radius 2 is 1.65 bits per heavy atom. The van der Waals surface area contributed by atoms with Gasteiger partial charge >= 0.3 is 0 Å².